The van der Waals surface area contributed by atoms with E-state index in [9.17, 15) is 8.42 Å². The van der Waals surface area contributed by atoms with Crippen LogP contribution in [0.1, 0.15) is 6.42 Å². The van der Waals surface area contributed by atoms with Gasteiger partial charge in [0.15, 0.2) is 0 Å². The second-order valence-corrected chi connectivity index (χ2v) is 5.65. The summed E-state index contributed by atoms with van der Waals surface area (Å²) in [5.74, 6) is 0. The lowest BCUT2D eigenvalue weighted by Crippen LogP contribution is -2.09. The SMILES string of the molecule is CS(=O)(=O)OCCC(Br)CBr. The van der Waals surface area contributed by atoms with Crippen LogP contribution in [0.4, 0.5) is 0 Å². The maximum Gasteiger partial charge on any atom is 0.264 e. The van der Waals surface area contributed by atoms with Crippen molar-refractivity contribution in [2.45, 2.75) is 11.2 Å². The summed E-state index contributed by atoms with van der Waals surface area (Å²) in [4.78, 5) is 0.268. The first kappa shape index (κ1) is 11.9. The standard InChI is InChI=1S/C5H10Br2O3S/c1-11(8,9)10-3-2-5(7)4-6/h5H,2-4H2,1H3. The third kappa shape index (κ3) is 8.78. The molecule has 0 saturated heterocycles. The Morgan fingerprint density at radius 3 is 2.45 bits per heavy atom. The number of rotatable bonds is 5. The number of halogens is 2. The lowest BCUT2D eigenvalue weighted by molar-refractivity contribution is 0.317. The zero-order valence-electron chi connectivity index (χ0n) is 6.09. The average molecular weight is 310 g/mol. The third-order valence-electron chi connectivity index (χ3n) is 0.896. The summed E-state index contributed by atoms with van der Waals surface area (Å²) in [6.07, 6.45) is 1.72. The van der Waals surface area contributed by atoms with Crippen LogP contribution in [0.15, 0.2) is 0 Å². The molecule has 1 atom stereocenters. The summed E-state index contributed by atoms with van der Waals surface area (Å²) in [6.45, 7) is 0.236. The highest BCUT2D eigenvalue weighted by Crippen LogP contribution is 2.08. The van der Waals surface area contributed by atoms with Gasteiger partial charge in [-0.15, -0.1) is 0 Å². The maximum atomic E-state index is 10.5. The van der Waals surface area contributed by atoms with E-state index in [1.54, 1.807) is 0 Å². The van der Waals surface area contributed by atoms with Gasteiger partial charge in [-0.3, -0.25) is 4.18 Å². The van der Waals surface area contributed by atoms with E-state index in [1.807, 2.05) is 0 Å². The lowest BCUT2D eigenvalue weighted by Gasteiger charge is -2.04. The van der Waals surface area contributed by atoms with Gasteiger partial charge in [0.05, 0.1) is 12.9 Å². The molecule has 0 spiro atoms. The molecule has 0 heterocycles. The van der Waals surface area contributed by atoms with Crippen LogP contribution in [-0.4, -0.2) is 31.4 Å². The van der Waals surface area contributed by atoms with Crippen LogP contribution in [0.2, 0.25) is 0 Å². The molecule has 68 valence electrons. The Balaban J connectivity index is 3.43. The second kappa shape index (κ2) is 5.50. The Bertz CT molecular complexity index is 190. The van der Waals surface area contributed by atoms with Crippen molar-refractivity contribution in [2.75, 3.05) is 18.2 Å². The predicted molar refractivity (Wildman–Crippen MR) is 51.9 cm³/mol. The summed E-state index contributed by atoms with van der Waals surface area (Å²) < 4.78 is 25.4. The zero-order valence-corrected chi connectivity index (χ0v) is 10.1. The summed E-state index contributed by atoms with van der Waals surface area (Å²) in [5, 5.41) is 0.792. The Kier molecular flexibility index (Phi) is 5.94. The largest absolute Gasteiger partial charge is 0.270 e. The quantitative estimate of drug-likeness (QED) is 0.571. The highest BCUT2D eigenvalue weighted by molar-refractivity contribution is 9.12. The fourth-order valence-corrected chi connectivity index (χ4v) is 1.31. The summed E-state index contributed by atoms with van der Waals surface area (Å²) in [6, 6.07) is 0. The molecule has 0 bridgehead atoms. The molecule has 0 aromatic heterocycles. The number of alkyl halides is 2. The van der Waals surface area contributed by atoms with Gasteiger partial charge in [-0.05, 0) is 6.42 Å². The summed E-state index contributed by atoms with van der Waals surface area (Å²) >= 11 is 6.57. The molecule has 0 aromatic rings. The molecule has 0 aromatic carbocycles. The fourth-order valence-electron chi connectivity index (χ4n) is 0.405. The molecule has 1 unspecified atom stereocenters. The topological polar surface area (TPSA) is 43.4 Å². The number of hydrogen-bond donors (Lipinski definition) is 0. The van der Waals surface area contributed by atoms with Crippen LogP contribution in [0, 0.1) is 0 Å². The number of hydrogen-bond acceptors (Lipinski definition) is 3. The van der Waals surface area contributed by atoms with E-state index in [2.05, 4.69) is 36.0 Å². The molecule has 0 radical (unpaired) electrons. The highest BCUT2D eigenvalue weighted by Gasteiger charge is 2.05. The van der Waals surface area contributed by atoms with Crippen LogP contribution < -0.4 is 0 Å². The van der Waals surface area contributed by atoms with Gasteiger partial charge in [0.2, 0.25) is 0 Å². The van der Waals surface area contributed by atoms with Gasteiger partial charge in [0, 0.05) is 10.2 Å². The minimum atomic E-state index is -3.26. The summed E-state index contributed by atoms with van der Waals surface area (Å²) in [7, 11) is -3.26. The van der Waals surface area contributed by atoms with Crippen molar-refractivity contribution in [1.82, 2.24) is 0 Å². The van der Waals surface area contributed by atoms with E-state index in [0.29, 0.717) is 6.42 Å². The van der Waals surface area contributed by atoms with Crippen molar-refractivity contribution in [3.63, 3.8) is 0 Å². The van der Waals surface area contributed by atoms with Crippen molar-refractivity contribution in [1.29, 1.82) is 0 Å². The molecular weight excluding hydrogens is 300 g/mol. The summed E-state index contributed by atoms with van der Waals surface area (Å²) in [5.41, 5.74) is 0. The predicted octanol–water partition coefficient (Wildman–Crippen LogP) is 1.51. The van der Waals surface area contributed by atoms with E-state index >= 15 is 0 Å². The van der Waals surface area contributed by atoms with Gasteiger partial charge in [0.25, 0.3) is 10.1 Å². The van der Waals surface area contributed by atoms with Gasteiger partial charge < -0.3 is 0 Å². The first-order valence-corrected chi connectivity index (χ1v) is 6.85. The molecule has 0 N–H and O–H groups in total. The van der Waals surface area contributed by atoms with Gasteiger partial charge in [0.1, 0.15) is 0 Å². The molecule has 0 fully saturated rings. The van der Waals surface area contributed by atoms with Crippen molar-refractivity contribution in [3.8, 4) is 0 Å². The Hall–Kier alpha value is 0.870. The molecule has 0 aliphatic heterocycles. The molecule has 6 heteroatoms. The van der Waals surface area contributed by atoms with Gasteiger partial charge >= 0.3 is 0 Å². The Morgan fingerprint density at radius 1 is 1.55 bits per heavy atom. The van der Waals surface area contributed by atoms with Crippen LogP contribution >= 0.6 is 31.9 Å². The van der Waals surface area contributed by atoms with Crippen LogP contribution in [0.3, 0.4) is 0 Å². The van der Waals surface area contributed by atoms with Crippen LogP contribution in [0.25, 0.3) is 0 Å². The lowest BCUT2D eigenvalue weighted by atomic mass is 10.4. The normalized spacial score (nSPS) is 14.8. The van der Waals surface area contributed by atoms with Crippen LogP contribution in [0.5, 0.6) is 0 Å². The van der Waals surface area contributed by atoms with E-state index < -0.39 is 10.1 Å². The maximum absolute atomic E-state index is 10.5. The van der Waals surface area contributed by atoms with Crippen molar-refractivity contribution in [2.24, 2.45) is 0 Å². The van der Waals surface area contributed by atoms with Crippen molar-refractivity contribution >= 4 is 42.0 Å². The van der Waals surface area contributed by atoms with Crippen molar-refractivity contribution in [3.05, 3.63) is 0 Å². The average Bonchev–Trinajstić information content (AvgIpc) is 1.85. The van der Waals surface area contributed by atoms with Gasteiger partial charge in [-0.1, -0.05) is 31.9 Å². The van der Waals surface area contributed by atoms with Gasteiger partial charge in [-0.2, -0.15) is 8.42 Å². The Labute approximate surface area is 83.9 Å². The van der Waals surface area contributed by atoms with E-state index in [-0.39, 0.29) is 11.4 Å². The smallest absolute Gasteiger partial charge is 0.264 e. The molecule has 0 rings (SSSR count). The van der Waals surface area contributed by atoms with E-state index in [1.165, 1.54) is 0 Å². The minimum Gasteiger partial charge on any atom is -0.270 e. The molecule has 11 heavy (non-hydrogen) atoms. The molecule has 0 amide bonds. The van der Waals surface area contributed by atoms with E-state index in [0.717, 1.165) is 11.6 Å². The van der Waals surface area contributed by atoms with Gasteiger partial charge in [-0.25, -0.2) is 0 Å². The molecule has 0 aliphatic rings. The monoisotopic (exact) mass is 308 g/mol. The Morgan fingerprint density at radius 2 is 2.09 bits per heavy atom. The molecule has 0 saturated carbocycles. The first-order valence-electron chi connectivity index (χ1n) is 3.00. The fraction of sp³-hybridized carbons (Fsp3) is 1.00. The zero-order chi connectivity index (χ0) is 8.91. The molecule has 0 aliphatic carbocycles. The van der Waals surface area contributed by atoms with Crippen LogP contribution in [-0.2, 0) is 14.3 Å². The second-order valence-electron chi connectivity index (χ2n) is 2.07. The highest BCUT2D eigenvalue weighted by atomic mass is 79.9. The molecule has 3 nitrogen and oxygen atoms in total. The minimum absolute atomic E-state index is 0.236. The third-order valence-corrected chi connectivity index (χ3v) is 3.92. The molecular formula is C5H10Br2O3S. The first-order chi connectivity index (χ1) is 4.95. The van der Waals surface area contributed by atoms with Crippen molar-refractivity contribution < 1.29 is 12.6 Å². The van der Waals surface area contributed by atoms with E-state index in [4.69, 9.17) is 0 Å².